The SMILES string of the molecule is CCCc1ccc2c(OC(=O)OCC(C)C)c3ccccc3c(OC(=O)OCC(C)C)c2c1. The Morgan fingerprint density at radius 3 is 1.70 bits per heavy atom. The van der Waals surface area contributed by atoms with E-state index >= 15 is 0 Å². The van der Waals surface area contributed by atoms with Crippen molar-refractivity contribution in [2.75, 3.05) is 13.2 Å². The zero-order chi connectivity index (χ0) is 24.0. The van der Waals surface area contributed by atoms with E-state index in [1.165, 1.54) is 0 Å². The van der Waals surface area contributed by atoms with Crippen molar-refractivity contribution in [2.24, 2.45) is 11.8 Å². The van der Waals surface area contributed by atoms with Crippen molar-refractivity contribution in [1.29, 1.82) is 0 Å². The summed E-state index contributed by atoms with van der Waals surface area (Å²) in [6.45, 7) is 10.5. The van der Waals surface area contributed by atoms with E-state index in [2.05, 4.69) is 6.92 Å². The first-order valence-corrected chi connectivity index (χ1v) is 11.5. The zero-order valence-electron chi connectivity index (χ0n) is 20.0. The minimum atomic E-state index is -0.766. The lowest BCUT2D eigenvalue weighted by molar-refractivity contribution is 0.0879. The maximum absolute atomic E-state index is 12.5. The molecule has 176 valence electrons. The van der Waals surface area contributed by atoms with Gasteiger partial charge in [0.15, 0.2) is 0 Å². The quantitative estimate of drug-likeness (QED) is 0.203. The molecule has 6 nitrogen and oxygen atoms in total. The normalized spacial score (nSPS) is 11.2. The second-order valence-electron chi connectivity index (χ2n) is 8.95. The van der Waals surface area contributed by atoms with E-state index in [1.54, 1.807) is 0 Å². The lowest BCUT2D eigenvalue weighted by Gasteiger charge is -2.17. The summed E-state index contributed by atoms with van der Waals surface area (Å²) in [7, 11) is 0. The summed E-state index contributed by atoms with van der Waals surface area (Å²) < 4.78 is 21.9. The monoisotopic (exact) mass is 452 g/mol. The molecule has 0 aliphatic rings. The van der Waals surface area contributed by atoms with Gasteiger partial charge in [-0.05, 0) is 29.9 Å². The minimum absolute atomic E-state index is 0.190. The van der Waals surface area contributed by atoms with Gasteiger partial charge in [-0.25, -0.2) is 9.59 Å². The molecule has 0 aliphatic heterocycles. The van der Waals surface area contributed by atoms with Gasteiger partial charge in [-0.15, -0.1) is 0 Å². The van der Waals surface area contributed by atoms with Crippen molar-refractivity contribution in [3.63, 3.8) is 0 Å². The van der Waals surface area contributed by atoms with Crippen LogP contribution in [0, 0.1) is 11.8 Å². The summed E-state index contributed by atoms with van der Waals surface area (Å²) in [4.78, 5) is 24.9. The fraction of sp³-hybridized carbons (Fsp3) is 0.407. The van der Waals surface area contributed by atoms with Crippen LogP contribution < -0.4 is 9.47 Å². The molecule has 0 aromatic heterocycles. The third-order valence-corrected chi connectivity index (χ3v) is 4.97. The highest BCUT2D eigenvalue weighted by atomic mass is 16.7. The van der Waals surface area contributed by atoms with Crippen molar-refractivity contribution >= 4 is 33.9 Å². The Morgan fingerprint density at radius 1 is 0.727 bits per heavy atom. The molecule has 0 spiro atoms. The van der Waals surface area contributed by atoms with Crippen molar-refractivity contribution in [3.05, 3.63) is 48.0 Å². The van der Waals surface area contributed by atoms with Gasteiger partial charge in [-0.1, -0.05) is 77.4 Å². The van der Waals surface area contributed by atoms with Gasteiger partial charge in [-0.2, -0.15) is 0 Å². The molecule has 0 fully saturated rings. The smallest absolute Gasteiger partial charge is 0.434 e. The molecule has 0 radical (unpaired) electrons. The van der Waals surface area contributed by atoms with Gasteiger partial charge in [0.05, 0.1) is 13.2 Å². The van der Waals surface area contributed by atoms with Crippen molar-refractivity contribution in [1.82, 2.24) is 0 Å². The molecule has 33 heavy (non-hydrogen) atoms. The third-order valence-electron chi connectivity index (χ3n) is 4.97. The second kappa shape index (κ2) is 11.0. The van der Waals surface area contributed by atoms with Crippen LogP contribution in [0.1, 0.15) is 46.6 Å². The number of carbonyl (C=O) groups is 2. The summed E-state index contributed by atoms with van der Waals surface area (Å²) >= 11 is 0. The van der Waals surface area contributed by atoms with Crippen molar-refractivity contribution < 1.29 is 28.5 Å². The number of benzene rings is 3. The summed E-state index contributed by atoms with van der Waals surface area (Å²) in [6, 6.07) is 13.2. The van der Waals surface area contributed by atoms with Gasteiger partial charge in [0, 0.05) is 21.5 Å². The predicted octanol–water partition coefficient (Wildman–Crippen LogP) is 7.29. The summed E-state index contributed by atoms with van der Waals surface area (Å²) in [5.41, 5.74) is 1.09. The molecule has 0 saturated heterocycles. The molecule has 0 heterocycles. The number of fused-ring (bicyclic) bond motifs is 2. The highest BCUT2D eigenvalue weighted by molar-refractivity contribution is 6.12. The molecule has 0 atom stereocenters. The van der Waals surface area contributed by atoms with E-state index in [4.69, 9.17) is 18.9 Å². The Bertz CT molecular complexity index is 1130. The van der Waals surface area contributed by atoms with Crippen LogP contribution in [0.2, 0.25) is 0 Å². The number of hydrogen-bond acceptors (Lipinski definition) is 6. The third kappa shape index (κ3) is 6.15. The van der Waals surface area contributed by atoms with E-state index in [0.29, 0.717) is 33.0 Å². The average Bonchev–Trinajstić information content (AvgIpc) is 2.78. The predicted molar refractivity (Wildman–Crippen MR) is 129 cm³/mol. The van der Waals surface area contributed by atoms with E-state index in [0.717, 1.165) is 18.4 Å². The number of rotatable bonds is 8. The van der Waals surface area contributed by atoms with E-state index in [1.807, 2.05) is 70.2 Å². The Balaban J connectivity index is 2.14. The van der Waals surface area contributed by atoms with E-state index in [9.17, 15) is 9.59 Å². The highest BCUT2D eigenvalue weighted by Crippen LogP contribution is 2.43. The fourth-order valence-corrected chi connectivity index (χ4v) is 3.51. The lowest BCUT2D eigenvalue weighted by atomic mass is 9.97. The molecule has 3 aromatic carbocycles. The number of ether oxygens (including phenoxy) is 4. The molecule has 0 unspecified atom stereocenters. The zero-order valence-corrected chi connectivity index (χ0v) is 20.0. The fourth-order valence-electron chi connectivity index (χ4n) is 3.51. The van der Waals surface area contributed by atoms with Crippen LogP contribution in [0.15, 0.2) is 42.5 Å². The van der Waals surface area contributed by atoms with Gasteiger partial charge in [-0.3, -0.25) is 0 Å². The van der Waals surface area contributed by atoms with Gasteiger partial charge in [0.2, 0.25) is 0 Å². The number of aryl methyl sites for hydroxylation is 1. The minimum Gasteiger partial charge on any atom is -0.434 e. The van der Waals surface area contributed by atoms with Gasteiger partial charge >= 0.3 is 12.3 Å². The topological polar surface area (TPSA) is 71.1 Å². The largest absolute Gasteiger partial charge is 0.513 e. The highest BCUT2D eigenvalue weighted by Gasteiger charge is 2.21. The average molecular weight is 453 g/mol. The number of carbonyl (C=O) groups excluding carboxylic acids is 2. The molecular weight excluding hydrogens is 420 g/mol. The molecule has 0 amide bonds. The second-order valence-corrected chi connectivity index (χ2v) is 8.95. The first-order valence-electron chi connectivity index (χ1n) is 11.5. The maximum Gasteiger partial charge on any atom is 0.513 e. The molecule has 0 N–H and O–H groups in total. The van der Waals surface area contributed by atoms with Crippen LogP contribution in [0.3, 0.4) is 0 Å². The van der Waals surface area contributed by atoms with Crippen molar-refractivity contribution in [2.45, 2.75) is 47.5 Å². The molecule has 0 saturated carbocycles. The molecular formula is C27H32O6. The van der Waals surface area contributed by atoms with E-state index in [-0.39, 0.29) is 25.0 Å². The van der Waals surface area contributed by atoms with E-state index < -0.39 is 12.3 Å². The first-order chi connectivity index (χ1) is 15.8. The molecule has 0 bridgehead atoms. The van der Waals surface area contributed by atoms with Crippen LogP contribution in [0.5, 0.6) is 11.5 Å². The molecule has 3 rings (SSSR count). The Labute approximate surface area is 194 Å². The van der Waals surface area contributed by atoms with Gasteiger partial charge in [0.25, 0.3) is 0 Å². The number of hydrogen-bond donors (Lipinski definition) is 0. The Hall–Kier alpha value is -3.28. The maximum atomic E-state index is 12.5. The summed E-state index contributed by atoms with van der Waals surface area (Å²) in [5, 5.41) is 2.61. The molecule has 6 heteroatoms. The Morgan fingerprint density at radius 2 is 1.21 bits per heavy atom. The summed E-state index contributed by atoms with van der Waals surface area (Å²) in [5.74, 6) is 1.14. The lowest BCUT2D eigenvalue weighted by Crippen LogP contribution is -2.16. The first kappa shape index (κ1) is 24.4. The standard InChI is InChI=1S/C27H32O6/c1-6-9-19-12-13-22-23(14-19)25(33-27(29)31-16-18(4)5)21-11-8-7-10-20(21)24(22)32-26(28)30-15-17(2)3/h7-8,10-14,17-18H,6,9,15-16H2,1-5H3. The molecule has 3 aromatic rings. The van der Waals surface area contributed by atoms with Crippen LogP contribution in [0.4, 0.5) is 9.59 Å². The van der Waals surface area contributed by atoms with Crippen LogP contribution >= 0.6 is 0 Å². The van der Waals surface area contributed by atoms with Crippen LogP contribution in [-0.4, -0.2) is 25.5 Å². The van der Waals surface area contributed by atoms with Crippen LogP contribution in [0.25, 0.3) is 21.5 Å². The van der Waals surface area contributed by atoms with Crippen LogP contribution in [-0.2, 0) is 15.9 Å². The molecule has 0 aliphatic carbocycles. The van der Waals surface area contributed by atoms with Gasteiger partial charge in [0.1, 0.15) is 11.5 Å². The van der Waals surface area contributed by atoms with Gasteiger partial charge < -0.3 is 18.9 Å². The van der Waals surface area contributed by atoms with Crippen molar-refractivity contribution in [3.8, 4) is 11.5 Å². The summed E-state index contributed by atoms with van der Waals surface area (Å²) in [6.07, 6.45) is 0.308. The Kier molecular flexibility index (Phi) is 8.15.